The molecule has 4 nitrogen and oxygen atoms in total. The van der Waals surface area contributed by atoms with Crippen LogP contribution in [0.5, 0.6) is 11.5 Å². The van der Waals surface area contributed by atoms with E-state index in [0.29, 0.717) is 24.9 Å². The maximum atomic E-state index is 9.94. The number of hydrogen-bond acceptors (Lipinski definition) is 4. The highest BCUT2D eigenvalue weighted by atomic mass is 16.3. The van der Waals surface area contributed by atoms with Gasteiger partial charge < -0.3 is 21.1 Å². The number of aliphatic hydroxyl groups is 1. The Kier molecular flexibility index (Phi) is 3.26. The van der Waals surface area contributed by atoms with Crippen LogP contribution in [-0.2, 0) is 5.41 Å². The summed E-state index contributed by atoms with van der Waals surface area (Å²) >= 11 is 0. The fourth-order valence-electron chi connectivity index (χ4n) is 2.70. The summed E-state index contributed by atoms with van der Waals surface area (Å²) in [5, 5.41) is 29.1. The van der Waals surface area contributed by atoms with Crippen LogP contribution in [-0.4, -0.2) is 28.0 Å². The van der Waals surface area contributed by atoms with Gasteiger partial charge in [0.05, 0.1) is 6.10 Å². The van der Waals surface area contributed by atoms with Crippen LogP contribution in [0.3, 0.4) is 0 Å². The van der Waals surface area contributed by atoms with E-state index >= 15 is 0 Å². The van der Waals surface area contributed by atoms with E-state index in [2.05, 4.69) is 0 Å². The number of phenols is 2. The summed E-state index contributed by atoms with van der Waals surface area (Å²) in [6.45, 7) is 0.413. The van der Waals surface area contributed by atoms with Crippen molar-refractivity contribution in [3.63, 3.8) is 0 Å². The van der Waals surface area contributed by atoms with Gasteiger partial charge in [-0.3, -0.25) is 0 Å². The lowest BCUT2D eigenvalue weighted by molar-refractivity contribution is 0.0965. The van der Waals surface area contributed by atoms with E-state index in [-0.39, 0.29) is 23.0 Å². The first-order valence-corrected chi connectivity index (χ1v) is 5.98. The molecule has 1 aromatic rings. The Bertz CT molecular complexity index is 398. The van der Waals surface area contributed by atoms with E-state index in [4.69, 9.17) is 5.73 Å². The van der Waals surface area contributed by atoms with Gasteiger partial charge in [0.15, 0.2) is 11.5 Å². The average molecular weight is 237 g/mol. The molecule has 0 heterocycles. The van der Waals surface area contributed by atoms with Crippen LogP contribution in [0.2, 0.25) is 0 Å². The number of aliphatic hydroxyl groups excluding tert-OH is 1. The molecule has 0 saturated heterocycles. The van der Waals surface area contributed by atoms with E-state index in [1.807, 2.05) is 0 Å². The normalized spacial score (nSPS) is 29.2. The van der Waals surface area contributed by atoms with Crippen LogP contribution < -0.4 is 5.73 Å². The van der Waals surface area contributed by atoms with Gasteiger partial charge in [0.1, 0.15) is 0 Å². The summed E-state index contributed by atoms with van der Waals surface area (Å²) in [5.74, 6) is -0.184. The molecular weight excluding hydrogens is 218 g/mol. The second-order valence-corrected chi connectivity index (χ2v) is 4.89. The van der Waals surface area contributed by atoms with Gasteiger partial charge in [0.2, 0.25) is 0 Å². The fraction of sp³-hybridized carbons (Fsp3) is 0.538. The Balaban J connectivity index is 2.38. The number of rotatable bonds is 2. The van der Waals surface area contributed by atoms with Crippen molar-refractivity contribution in [2.45, 2.75) is 37.2 Å². The SMILES string of the molecule is NCC1(c2cccc(O)c2O)CCC(O)CC1. The van der Waals surface area contributed by atoms with Crippen molar-refractivity contribution < 1.29 is 15.3 Å². The summed E-state index contributed by atoms with van der Waals surface area (Å²) in [7, 11) is 0. The Morgan fingerprint density at radius 1 is 1.24 bits per heavy atom. The van der Waals surface area contributed by atoms with Crippen molar-refractivity contribution in [3.05, 3.63) is 23.8 Å². The van der Waals surface area contributed by atoms with Crippen LogP contribution >= 0.6 is 0 Å². The fourth-order valence-corrected chi connectivity index (χ4v) is 2.70. The molecule has 0 aromatic heterocycles. The molecule has 5 N–H and O–H groups in total. The maximum absolute atomic E-state index is 9.94. The van der Waals surface area contributed by atoms with Crippen molar-refractivity contribution in [1.82, 2.24) is 0 Å². The molecule has 2 rings (SSSR count). The molecule has 17 heavy (non-hydrogen) atoms. The lowest BCUT2D eigenvalue weighted by Crippen LogP contribution is -2.40. The molecule has 1 aliphatic rings. The number of benzene rings is 1. The zero-order chi connectivity index (χ0) is 12.5. The van der Waals surface area contributed by atoms with Crippen LogP contribution in [0.1, 0.15) is 31.2 Å². The van der Waals surface area contributed by atoms with E-state index in [0.717, 1.165) is 12.8 Å². The molecule has 0 radical (unpaired) electrons. The Morgan fingerprint density at radius 3 is 2.47 bits per heavy atom. The van der Waals surface area contributed by atoms with Gasteiger partial charge in [0.25, 0.3) is 0 Å². The monoisotopic (exact) mass is 237 g/mol. The second-order valence-electron chi connectivity index (χ2n) is 4.89. The third kappa shape index (κ3) is 2.10. The van der Waals surface area contributed by atoms with Gasteiger partial charge in [0, 0.05) is 17.5 Å². The van der Waals surface area contributed by atoms with E-state index < -0.39 is 0 Å². The molecule has 0 aliphatic heterocycles. The molecule has 4 heteroatoms. The molecule has 94 valence electrons. The summed E-state index contributed by atoms with van der Waals surface area (Å²) in [6.07, 6.45) is 2.58. The quantitative estimate of drug-likeness (QED) is 0.583. The minimum atomic E-state index is -0.317. The Morgan fingerprint density at radius 2 is 1.88 bits per heavy atom. The highest BCUT2D eigenvalue weighted by Gasteiger charge is 2.37. The zero-order valence-corrected chi connectivity index (χ0v) is 9.76. The molecule has 1 aromatic carbocycles. The second kappa shape index (κ2) is 4.55. The maximum Gasteiger partial charge on any atom is 0.161 e. The van der Waals surface area contributed by atoms with Crippen LogP contribution in [0.25, 0.3) is 0 Å². The predicted molar refractivity (Wildman–Crippen MR) is 65.0 cm³/mol. The van der Waals surface area contributed by atoms with Gasteiger partial charge in [-0.2, -0.15) is 0 Å². The van der Waals surface area contributed by atoms with Crippen molar-refractivity contribution in [2.24, 2.45) is 5.73 Å². The minimum Gasteiger partial charge on any atom is -0.504 e. The highest BCUT2D eigenvalue weighted by Crippen LogP contribution is 2.44. The Hall–Kier alpha value is -1.26. The zero-order valence-electron chi connectivity index (χ0n) is 9.76. The van der Waals surface area contributed by atoms with Crippen LogP contribution in [0.15, 0.2) is 18.2 Å². The molecule has 0 bridgehead atoms. The summed E-state index contributed by atoms with van der Waals surface area (Å²) in [6, 6.07) is 4.98. The summed E-state index contributed by atoms with van der Waals surface area (Å²) in [4.78, 5) is 0. The molecule has 1 fully saturated rings. The predicted octanol–water partition coefficient (Wildman–Crippen LogP) is 1.23. The standard InChI is InChI=1S/C13H19NO3/c14-8-13(6-4-9(15)5-7-13)10-2-1-3-11(16)12(10)17/h1-3,9,15-17H,4-8,14H2. The number of phenolic OH excluding ortho intramolecular Hbond substituents is 2. The number of para-hydroxylation sites is 1. The van der Waals surface area contributed by atoms with Crippen molar-refractivity contribution in [1.29, 1.82) is 0 Å². The highest BCUT2D eigenvalue weighted by molar-refractivity contribution is 5.48. The first kappa shape index (κ1) is 12.2. The lowest BCUT2D eigenvalue weighted by Gasteiger charge is -2.38. The third-order valence-corrected chi connectivity index (χ3v) is 3.89. The molecule has 0 amide bonds. The first-order chi connectivity index (χ1) is 8.09. The van der Waals surface area contributed by atoms with Crippen molar-refractivity contribution in [2.75, 3.05) is 6.54 Å². The van der Waals surface area contributed by atoms with Gasteiger partial charge in [-0.15, -0.1) is 0 Å². The van der Waals surface area contributed by atoms with E-state index in [1.165, 1.54) is 6.07 Å². The number of hydrogen-bond donors (Lipinski definition) is 4. The van der Waals surface area contributed by atoms with Gasteiger partial charge in [-0.1, -0.05) is 12.1 Å². The summed E-state index contributed by atoms with van der Waals surface area (Å²) in [5.41, 5.74) is 6.24. The average Bonchev–Trinajstić information content (AvgIpc) is 2.35. The first-order valence-electron chi connectivity index (χ1n) is 5.98. The van der Waals surface area contributed by atoms with Gasteiger partial charge in [-0.25, -0.2) is 0 Å². The smallest absolute Gasteiger partial charge is 0.161 e. The number of aromatic hydroxyl groups is 2. The molecule has 1 saturated carbocycles. The minimum absolute atomic E-state index is 0.0747. The van der Waals surface area contributed by atoms with E-state index in [9.17, 15) is 15.3 Å². The third-order valence-electron chi connectivity index (χ3n) is 3.89. The number of nitrogens with two attached hydrogens (primary N) is 1. The molecule has 0 spiro atoms. The molecule has 0 atom stereocenters. The summed E-state index contributed by atoms with van der Waals surface area (Å²) < 4.78 is 0. The van der Waals surface area contributed by atoms with Gasteiger partial charge in [-0.05, 0) is 31.7 Å². The molecular formula is C13H19NO3. The largest absolute Gasteiger partial charge is 0.504 e. The topological polar surface area (TPSA) is 86.7 Å². The van der Waals surface area contributed by atoms with E-state index in [1.54, 1.807) is 12.1 Å². The lowest BCUT2D eigenvalue weighted by atomic mass is 9.68. The van der Waals surface area contributed by atoms with Crippen molar-refractivity contribution >= 4 is 0 Å². The van der Waals surface area contributed by atoms with Crippen LogP contribution in [0.4, 0.5) is 0 Å². The van der Waals surface area contributed by atoms with Crippen LogP contribution in [0, 0.1) is 0 Å². The van der Waals surface area contributed by atoms with Crippen molar-refractivity contribution in [3.8, 4) is 11.5 Å². The van der Waals surface area contributed by atoms with Gasteiger partial charge >= 0.3 is 0 Å². The molecule has 0 unspecified atom stereocenters. The molecule has 1 aliphatic carbocycles. The Labute approximate surface area is 101 Å².